The SMILES string of the molecule is Cc1ccc(NCCC(N)=S)c(Cl)c1. The summed E-state index contributed by atoms with van der Waals surface area (Å²) in [5.41, 5.74) is 7.45. The average molecular weight is 229 g/mol. The molecule has 76 valence electrons. The Morgan fingerprint density at radius 1 is 1.57 bits per heavy atom. The minimum Gasteiger partial charge on any atom is -0.393 e. The fraction of sp³-hybridized carbons (Fsp3) is 0.300. The number of thiocarbonyl (C=S) groups is 1. The molecule has 0 fully saturated rings. The molecular weight excluding hydrogens is 216 g/mol. The molecule has 1 aromatic rings. The molecule has 0 heterocycles. The van der Waals surface area contributed by atoms with Crippen LogP contribution in [-0.2, 0) is 0 Å². The van der Waals surface area contributed by atoms with Crippen LogP contribution in [0.15, 0.2) is 18.2 Å². The number of rotatable bonds is 4. The predicted octanol–water partition coefficient (Wildman–Crippen LogP) is 2.74. The first-order chi connectivity index (χ1) is 6.59. The maximum Gasteiger partial charge on any atom is 0.0745 e. The van der Waals surface area contributed by atoms with E-state index >= 15 is 0 Å². The predicted molar refractivity (Wildman–Crippen MR) is 66.1 cm³/mol. The van der Waals surface area contributed by atoms with Gasteiger partial charge in [0.1, 0.15) is 0 Å². The van der Waals surface area contributed by atoms with Crippen LogP contribution in [0.25, 0.3) is 0 Å². The summed E-state index contributed by atoms with van der Waals surface area (Å²) in [6, 6.07) is 5.89. The van der Waals surface area contributed by atoms with Crippen molar-refractivity contribution in [3.05, 3.63) is 28.8 Å². The van der Waals surface area contributed by atoms with Gasteiger partial charge in [-0.15, -0.1) is 0 Å². The molecule has 0 saturated heterocycles. The molecule has 0 unspecified atom stereocenters. The summed E-state index contributed by atoms with van der Waals surface area (Å²) >= 11 is 10.8. The zero-order valence-electron chi connectivity index (χ0n) is 8.01. The third kappa shape index (κ3) is 3.52. The van der Waals surface area contributed by atoms with Crippen LogP contribution < -0.4 is 11.1 Å². The Kier molecular flexibility index (Phi) is 4.17. The van der Waals surface area contributed by atoms with E-state index in [9.17, 15) is 0 Å². The van der Waals surface area contributed by atoms with Crippen molar-refractivity contribution in [2.75, 3.05) is 11.9 Å². The van der Waals surface area contributed by atoms with Crippen LogP contribution in [0.2, 0.25) is 5.02 Å². The van der Waals surface area contributed by atoms with E-state index in [0.717, 1.165) is 22.8 Å². The van der Waals surface area contributed by atoms with Crippen molar-refractivity contribution in [1.82, 2.24) is 0 Å². The van der Waals surface area contributed by atoms with Gasteiger partial charge in [0.25, 0.3) is 0 Å². The molecule has 0 aliphatic carbocycles. The van der Waals surface area contributed by atoms with Crippen LogP contribution in [0.5, 0.6) is 0 Å². The van der Waals surface area contributed by atoms with Crippen molar-refractivity contribution in [1.29, 1.82) is 0 Å². The Morgan fingerprint density at radius 2 is 2.29 bits per heavy atom. The van der Waals surface area contributed by atoms with Crippen LogP contribution in [0.3, 0.4) is 0 Å². The van der Waals surface area contributed by atoms with Crippen molar-refractivity contribution in [2.45, 2.75) is 13.3 Å². The van der Waals surface area contributed by atoms with Gasteiger partial charge in [-0.05, 0) is 24.6 Å². The fourth-order valence-electron chi connectivity index (χ4n) is 1.08. The van der Waals surface area contributed by atoms with Gasteiger partial charge < -0.3 is 11.1 Å². The minimum absolute atomic E-state index is 0.515. The van der Waals surface area contributed by atoms with E-state index in [2.05, 4.69) is 5.32 Å². The summed E-state index contributed by atoms with van der Waals surface area (Å²) in [7, 11) is 0. The third-order valence-corrected chi connectivity index (χ3v) is 2.33. The first-order valence-electron chi connectivity index (χ1n) is 4.38. The van der Waals surface area contributed by atoms with Crippen LogP contribution >= 0.6 is 23.8 Å². The van der Waals surface area contributed by atoms with Gasteiger partial charge in [-0.2, -0.15) is 0 Å². The second kappa shape index (κ2) is 5.17. The molecule has 4 heteroatoms. The second-order valence-electron chi connectivity index (χ2n) is 3.13. The molecule has 0 amide bonds. The molecule has 0 aliphatic heterocycles. The molecule has 2 nitrogen and oxygen atoms in total. The van der Waals surface area contributed by atoms with Gasteiger partial charge in [0.15, 0.2) is 0 Å². The van der Waals surface area contributed by atoms with Crippen molar-refractivity contribution in [3.8, 4) is 0 Å². The largest absolute Gasteiger partial charge is 0.393 e. The van der Waals surface area contributed by atoms with E-state index in [4.69, 9.17) is 29.6 Å². The number of anilines is 1. The lowest BCUT2D eigenvalue weighted by atomic mass is 10.2. The molecule has 0 aliphatic rings. The maximum atomic E-state index is 6.02. The minimum atomic E-state index is 0.515. The van der Waals surface area contributed by atoms with Gasteiger partial charge in [0.05, 0.1) is 15.7 Å². The van der Waals surface area contributed by atoms with Gasteiger partial charge >= 0.3 is 0 Å². The Labute approximate surface area is 94.4 Å². The lowest BCUT2D eigenvalue weighted by molar-refractivity contribution is 1.11. The number of aryl methyl sites for hydroxylation is 1. The van der Waals surface area contributed by atoms with Crippen molar-refractivity contribution in [2.24, 2.45) is 5.73 Å². The van der Waals surface area contributed by atoms with Crippen LogP contribution in [-0.4, -0.2) is 11.5 Å². The Morgan fingerprint density at radius 3 is 2.86 bits per heavy atom. The maximum absolute atomic E-state index is 6.02. The van der Waals surface area contributed by atoms with Crippen molar-refractivity contribution in [3.63, 3.8) is 0 Å². The quantitative estimate of drug-likeness (QED) is 0.779. The Bertz CT molecular complexity index is 339. The number of nitrogens with one attached hydrogen (secondary N) is 1. The topological polar surface area (TPSA) is 38.0 Å². The normalized spacial score (nSPS) is 9.86. The van der Waals surface area contributed by atoms with Gasteiger partial charge in [-0.1, -0.05) is 29.9 Å². The lowest BCUT2D eigenvalue weighted by Gasteiger charge is -2.08. The van der Waals surface area contributed by atoms with Gasteiger partial charge in [-0.25, -0.2) is 0 Å². The highest BCUT2D eigenvalue weighted by molar-refractivity contribution is 7.80. The lowest BCUT2D eigenvalue weighted by Crippen LogP contribution is -2.14. The van der Waals surface area contributed by atoms with Crippen LogP contribution in [0, 0.1) is 6.92 Å². The molecule has 14 heavy (non-hydrogen) atoms. The van der Waals surface area contributed by atoms with E-state index in [1.54, 1.807) is 0 Å². The summed E-state index contributed by atoms with van der Waals surface area (Å²) < 4.78 is 0. The third-order valence-electron chi connectivity index (χ3n) is 1.81. The van der Waals surface area contributed by atoms with E-state index in [-0.39, 0.29) is 0 Å². The molecule has 0 bridgehead atoms. The summed E-state index contributed by atoms with van der Waals surface area (Å²) in [5.74, 6) is 0. The Hall–Kier alpha value is -0.800. The summed E-state index contributed by atoms with van der Waals surface area (Å²) in [4.78, 5) is 0.515. The van der Waals surface area contributed by atoms with E-state index in [1.165, 1.54) is 0 Å². The number of nitrogens with two attached hydrogens (primary N) is 1. The number of hydrogen-bond acceptors (Lipinski definition) is 2. The smallest absolute Gasteiger partial charge is 0.0745 e. The van der Waals surface area contributed by atoms with Crippen molar-refractivity contribution < 1.29 is 0 Å². The molecule has 0 aromatic heterocycles. The van der Waals surface area contributed by atoms with Crippen molar-refractivity contribution >= 4 is 34.5 Å². The van der Waals surface area contributed by atoms with Gasteiger partial charge in [-0.3, -0.25) is 0 Å². The summed E-state index contributed by atoms with van der Waals surface area (Å²) in [6.45, 7) is 2.72. The highest BCUT2D eigenvalue weighted by Gasteiger charge is 1.99. The average Bonchev–Trinajstić information content (AvgIpc) is 2.08. The highest BCUT2D eigenvalue weighted by atomic mass is 35.5. The van der Waals surface area contributed by atoms with Gasteiger partial charge in [0.2, 0.25) is 0 Å². The van der Waals surface area contributed by atoms with E-state index in [0.29, 0.717) is 11.4 Å². The van der Waals surface area contributed by atoms with E-state index in [1.807, 2.05) is 25.1 Å². The molecule has 0 radical (unpaired) electrons. The fourth-order valence-corrected chi connectivity index (χ4v) is 1.49. The molecule has 3 N–H and O–H groups in total. The number of hydrogen-bond donors (Lipinski definition) is 2. The van der Waals surface area contributed by atoms with Crippen LogP contribution in [0.4, 0.5) is 5.69 Å². The molecule has 1 aromatic carbocycles. The Balaban J connectivity index is 2.55. The molecule has 0 atom stereocenters. The summed E-state index contributed by atoms with van der Waals surface area (Å²) in [6.07, 6.45) is 0.680. The zero-order chi connectivity index (χ0) is 10.6. The molecule has 0 spiro atoms. The molecule has 0 saturated carbocycles. The number of halogens is 1. The second-order valence-corrected chi connectivity index (χ2v) is 4.06. The first-order valence-corrected chi connectivity index (χ1v) is 5.16. The standard InChI is InChI=1S/C10H13ClN2S/c1-7-2-3-9(8(11)6-7)13-5-4-10(12)14/h2-3,6,13H,4-5H2,1H3,(H2,12,14). The molecular formula is C10H13ClN2S. The molecule has 1 rings (SSSR count). The highest BCUT2D eigenvalue weighted by Crippen LogP contribution is 2.22. The first kappa shape index (κ1) is 11.3. The van der Waals surface area contributed by atoms with E-state index < -0.39 is 0 Å². The van der Waals surface area contributed by atoms with Gasteiger partial charge in [0, 0.05) is 13.0 Å². The monoisotopic (exact) mass is 228 g/mol. The van der Waals surface area contributed by atoms with Crippen LogP contribution in [0.1, 0.15) is 12.0 Å². The number of benzene rings is 1. The summed E-state index contributed by atoms with van der Waals surface area (Å²) in [5, 5.41) is 3.90. The zero-order valence-corrected chi connectivity index (χ0v) is 9.58.